The maximum Gasteiger partial charge on any atom is 0.328 e. The first kappa shape index (κ1) is 19.7. The standard InChI is InChI=1S/C21H25NO4/c1-14-9-8-10-15(2)17(14)13-18(21(24)26-4)22-20(23)19(25-3)16-11-6-5-7-12-16/h5-12,18-19H,13H2,1-4H3,(H,22,23)/t18-,19-/m1/s1. The molecule has 0 spiro atoms. The summed E-state index contributed by atoms with van der Waals surface area (Å²) in [6.07, 6.45) is -0.427. The summed E-state index contributed by atoms with van der Waals surface area (Å²) in [6.45, 7) is 3.97. The summed E-state index contributed by atoms with van der Waals surface area (Å²) in [5.41, 5.74) is 3.89. The van der Waals surface area contributed by atoms with E-state index in [1.807, 2.05) is 62.4 Å². The monoisotopic (exact) mass is 355 g/mol. The Labute approximate surface area is 154 Å². The van der Waals surface area contributed by atoms with Crippen molar-refractivity contribution >= 4 is 11.9 Å². The zero-order valence-electron chi connectivity index (χ0n) is 15.6. The lowest BCUT2D eigenvalue weighted by Gasteiger charge is -2.22. The Morgan fingerprint density at radius 1 is 0.962 bits per heavy atom. The van der Waals surface area contributed by atoms with Crippen LogP contribution in [0, 0.1) is 13.8 Å². The Balaban J connectivity index is 2.22. The second kappa shape index (κ2) is 9.15. The first-order valence-corrected chi connectivity index (χ1v) is 8.49. The highest BCUT2D eigenvalue weighted by molar-refractivity contribution is 5.88. The van der Waals surface area contributed by atoms with Gasteiger partial charge < -0.3 is 14.8 Å². The summed E-state index contributed by atoms with van der Waals surface area (Å²) < 4.78 is 10.2. The van der Waals surface area contributed by atoms with E-state index in [1.165, 1.54) is 14.2 Å². The van der Waals surface area contributed by atoms with Gasteiger partial charge in [-0.15, -0.1) is 0 Å². The predicted octanol–water partition coefficient (Wildman–Crippen LogP) is 2.89. The quantitative estimate of drug-likeness (QED) is 0.776. The number of hydrogen-bond acceptors (Lipinski definition) is 4. The van der Waals surface area contributed by atoms with E-state index in [0.29, 0.717) is 6.42 Å². The third-order valence-corrected chi connectivity index (χ3v) is 4.43. The summed E-state index contributed by atoms with van der Waals surface area (Å²) in [5, 5.41) is 2.78. The minimum atomic E-state index is -0.790. The van der Waals surface area contributed by atoms with Gasteiger partial charge in [0.15, 0.2) is 6.10 Å². The number of amides is 1. The molecule has 2 aromatic rings. The van der Waals surface area contributed by atoms with Crippen molar-refractivity contribution in [2.45, 2.75) is 32.4 Å². The van der Waals surface area contributed by atoms with Gasteiger partial charge in [0.05, 0.1) is 7.11 Å². The first-order valence-electron chi connectivity index (χ1n) is 8.49. The molecule has 0 unspecified atom stereocenters. The maximum atomic E-state index is 12.7. The van der Waals surface area contributed by atoms with Crippen molar-refractivity contribution in [3.8, 4) is 0 Å². The number of carbonyl (C=O) groups excluding carboxylic acids is 2. The average Bonchev–Trinajstić information content (AvgIpc) is 2.64. The molecule has 0 heterocycles. The van der Waals surface area contributed by atoms with Gasteiger partial charge in [0.1, 0.15) is 6.04 Å². The van der Waals surface area contributed by atoms with Crippen LogP contribution in [0.4, 0.5) is 0 Å². The van der Waals surface area contributed by atoms with E-state index in [9.17, 15) is 9.59 Å². The molecule has 26 heavy (non-hydrogen) atoms. The normalized spacial score (nSPS) is 12.9. The number of esters is 1. The molecule has 138 valence electrons. The van der Waals surface area contributed by atoms with Gasteiger partial charge in [-0.05, 0) is 36.1 Å². The van der Waals surface area contributed by atoms with Gasteiger partial charge in [0.25, 0.3) is 5.91 Å². The van der Waals surface area contributed by atoms with Crippen LogP contribution >= 0.6 is 0 Å². The molecule has 0 radical (unpaired) electrons. The van der Waals surface area contributed by atoms with E-state index in [4.69, 9.17) is 9.47 Å². The van der Waals surface area contributed by atoms with Crippen LogP contribution in [0.15, 0.2) is 48.5 Å². The number of benzene rings is 2. The van der Waals surface area contributed by atoms with Gasteiger partial charge in [0.2, 0.25) is 0 Å². The Kier molecular flexibility index (Phi) is 6.92. The molecule has 0 saturated carbocycles. The number of ether oxygens (including phenoxy) is 2. The number of hydrogen-bond donors (Lipinski definition) is 1. The van der Waals surface area contributed by atoms with Crippen LogP contribution in [0.1, 0.15) is 28.4 Å². The van der Waals surface area contributed by atoms with Crippen LogP contribution in [-0.2, 0) is 25.5 Å². The number of methoxy groups -OCH3 is 2. The fraction of sp³-hybridized carbons (Fsp3) is 0.333. The molecule has 2 atom stereocenters. The molecule has 1 amide bonds. The zero-order valence-corrected chi connectivity index (χ0v) is 15.6. The first-order chi connectivity index (χ1) is 12.5. The van der Waals surface area contributed by atoms with Crippen LogP contribution in [0.5, 0.6) is 0 Å². The van der Waals surface area contributed by atoms with Crippen LogP contribution in [-0.4, -0.2) is 32.1 Å². The molecule has 2 aromatic carbocycles. The molecule has 1 N–H and O–H groups in total. The van der Waals surface area contributed by atoms with Gasteiger partial charge in [0, 0.05) is 13.5 Å². The third-order valence-electron chi connectivity index (χ3n) is 4.43. The molecular weight excluding hydrogens is 330 g/mol. The lowest BCUT2D eigenvalue weighted by molar-refractivity contribution is -0.146. The Morgan fingerprint density at radius 2 is 1.58 bits per heavy atom. The van der Waals surface area contributed by atoms with E-state index in [1.54, 1.807) is 0 Å². The van der Waals surface area contributed by atoms with Crippen molar-refractivity contribution < 1.29 is 19.1 Å². The molecule has 5 nitrogen and oxygen atoms in total. The molecule has 0 fully saturated rings. The summed E-state index contributed by atoms with van der Waals surface area (Å²) in [5.74, 6) is -0.857. The van der Waals surface area contributed by atoms with Crippen LogP contribution in [0.25, 0.3) is 0 Å². The second-order valence-electron chi connectivity index (χ2n) is 6.19. The molecule has 0 aliphatic carbocycles. The Morgan fingerprint density at radius 3 is 2.12 bits per heavy atom. The lowest BCUT2D eigenvalue weighted by Crippen LogP contribution is -2.45. The molecule has 0 bridgehead atoms. The smallest absolute Gasteiger partial charge is 0.328 e. The highest BCUT2D eigenvalue weighted by Crippen LogP contribution is 2.19. The number of rotatable bonds is 7. The summed E-state index contributed by atoms with van der Waals surface area (Å²) in [4.78, 5) is 25.0. The van der Waals surface area contributed by atoms with E-state index in [0.717, 1.165) is 22.3 Å². The van der Waals surface area contributed by atoms with Crippen molar-refractivity contribution in [3.63, 3.8) is 0 Å². The number of nitrogens with one attached hydrogen (secondary N) is 1. The maximum absolute atomic E-state index is 12.7. The van der Waals surface area contributed by atoms with E-state index >= 15 is 0 Å². The topological polar surface area (TPSA) is 64.6 Å². The van der Waals surface area contributed by atoms with E-state index < -0.39 is 18.1 Å². The van der Waals surface area contributed by atoms with Crippen molar-refractivity contribution in [3.05, 3.63) is 70.8 Å². The Bertz CT molecular complexity index is 738. The number of aryl methyl sites for hydroxylation is 2. The third kappa shape index (κ3) is 4.70. The van der Waals surface area contributed by atoms with Gasteiger partial charge in [-0.1, -0.05) is 48.5 Å². The minimum Gasteiger partial charge on any atom is -0.467 e. The van der Waals surface area contributed by atoms with Crippen molar-refractivity contribution in [1.29, 1.82) is 0 Å². The van der Waals surface area contributed by atoms with Gasteiger partial charge >= 0.3 is 5.97 Å². The van der Waals surface area contributed by atoms with E-state index in [2.05, 4.69) is 5.32 Å². The van der Waals surface area contributed by atoms with Gasteiger partial charge in [-0.3, -0.25) is 4.79 Å². The largest absolute Gasteiger partial charge is 0.467 e. The molecule has 0 saturated heterocycles. The second-order valence-corrected chi connectivity index (χ2v) is 6.19. The molecule has 2 rings (SSSR count). The van der Waals surface area contributed by atoms with Gasteiger partial charge in [-0.25, -0.2) is 4.79 Å². The molecule has 0 aliphatic heterocycles. The summed E-state index contributed by atoms with van der Waals surface area (Å²) in [7, 11) is 2.78. The van der Waals surface area contributed by atoms with Crippen LogP contribution in [0.3, 0.4) is 0 Å². The van der Waals surface area contributed by atoms with Gasteiger partial charge in [-0.2, -0.15) is 0 Å². The summed E-state index contributed by atoms with van der Waals surface area (Å²) >= 11 is 0. The van der Waals surface area contributed by atoms with Crippen LogP contribution in [0.2, 0.25) is 0 Å². The average molecular weight is 355 g/mol. The van der Waals surface area contributed by atoms with Crippen molar-refractivity contribution in [2.75, 3.05) is 14.2 Å². The van der Waals surface area contributed by atoms with Crippen molar-refractivity contribution in [1.82, 2.24) is 5.32 Å². The Hall–Kier alpha value is -2.66. The van der Waals surface area contributed by atoms with E-state index in [-0.39, 0.29) is 5.91 Å². The highest BCUT2D eigenvalue weighted by atomic mass is 16.5. The van der Waals surface area contributed by atoms with Crippen molar-refractivity contribution in [2.24, 2.45) is 0 Å². The highest BCUT2D eigenvalue weighted by Gasteiger charge is 2.28. The fourth-order valence-electron chi connectivity index (χ4n) is 2.98. The number of carbonyl (C=O) groups is 2. The fourth-order valence-corrected chi connectivity index (χ4v) is 2.98. The molecule has 0 aliphatic rings. The molecule has 0 aromatic heterocycles. The minimum absolute atomic E-state index is 0.363. The predicted molar refractivity (Wildman–Crippen MR) is 99.8 cm³/mol. The van der Waals surface area contributed by atoms with Crippen LogP contribution < -0.4 is 5.32 Å². The molecular formula is C21H25NO4. The molecule has 5 heteroatoms. The zero-order chi connectivity index (χ0) is 19.1. The SMILES string of the molecule is COC(=O)[C@@H](Cc1c(C)cccc1C)NC(=O)[C@H](OC)c1ccccc1. The summed E-state index contributed by atoms with van der Waals surface area (Å²) in [6, 6.07) is 14.3. The lowest BCUT2D eigenvalue weighted by atomic mass is 9.96.